The second-order valence-electron chi connectivity index (χ2n) is 7.10. The number of halogens is 1. The fraction of sp³-hybridized carbons (Fsp3) is 0.227. The van der Waals surface area contributed by atoms with Gasteiger partial charge in [0.1, 0.15) is 27.5 Å². The van der Waals surface area contributed by atoms with Gasteiger partial charge >= 0.3 is 0 Å². The summed E-state index contributed by atoms with van der Waals surface area (Å²) in [7, 11) is -5.53. The quantitative estimate of drug-likeness (QED) is 0.455. The predicted octanol–water partition coefficient (Wildman–Crippen LogP) is 3.04. The summed E-state index contributed by atoms with van der Waals surface area (Å²) in [5, 5.41) is -1.31. The zero-order chi connectivity index (χ0) is 24.2. The average Bonchev–Trinajstić information content (AvgIpc) is 2.80. The maximum absolute atomic E-state index is 13.7. The second kappa shape index (κ2) is 9.86. The normalized spacial score (nSPS) is 12.8. The van der Waals surface area contributed by atoms with E-state index in [4.69, 9.17) is 9.47 Å². The van der Waals surface area contributed by atoms with Crippen LogP contribution in [0.5, 0.6) is 11.5 Å². The summed E-state index contributed by atoms with van der Waals surface area (Å²) in [5.41, 5.74) is 0.438. The van der Waals surface area contributed by atoms with Crippen LogP contribution in [0.25, 0.3) is 0 Å². The van der Waals surface area contributed by atoms with Gasteiger partial charge in [0.2, 0.25) is 10.0 Å². The van der Waals surface area contributed by atoms with Gasteiger partial charge in [-0.1, -0.05) is 6.07 Å². The van der Waals surface area contributed by atoms with Gasteiger partial charge in [0, 0.05) is 25.0 Å². The van der Waals surface area contributed by atoms with E-state index in [1.807, 2.05) is 0 Å². The first-order valence-electron chi connectivity index (χ1n) is 9.72. The number of sulfonamides is 1. The minimum Gasteiger partial charge on any atom is -0.497 e. The third-order valence-corrected chi connectivity index (χ3v) is 8.57. The summed E-state index contributed by atoms with van der Waals surface area (Å²) in [6.45, 7) is 0.966. The molecule has 0 saturated carbocycles. The van der Waals surface area contributed by atoms with Gasteiger partial charge in [-0.25, -0.2) is 25.9 Å². The molecule has 176 valence electrons. The standard InChI is InChI=1S/C22H23FN2O6S2/c1-15-11-18(7-8-19(15)23)32(26,27)22(16-5-4-10-24-13-16)14-25-33(28,29)21-9-6-17(30-2)12-20(21)31-3/h4-13,22,25H,14H2,1-3H3. The molecule has 0 bridgehead atoms. The average molecular weight is 495 g/mol. The van der Waals surface area contributed by atoms with Crippen molar-refractivity contribution < 1.29 is 30.7 Å². The zero-order valence-electron chi connectivity index (χ0n) is 18.1. The van der Waals surface area contributed by atoms with Crippen molar-refractivity contribution in [3.8, 4) is 11.5 Å². The van der Waals surface area contributed by atoms with Crippen LogP contribution >= 0.6 is 0 Å². The topological polar surface area (TPSA) is 112 Å². The lowest BCUT2D eigenvalue weighted by Gasteiger charge is -2.20. The number of aromatic nitrogens is 1. The maximum atomic E-state index is 13.7. The fourth-order valence-corrected chi connectivity index (χ4v) is 6.22. The second-order valence-corrected chi connectivity index (χ2v) is 11.0. The summed E-state index contributed by atoms with van der Waals surface area (Å²) in [4.78, 5) is 3.65. The predicted molar refractivity (Wildman–Crippen MR) is 120 cm³/mol. The van der Waals surface area contributed by atoms with Crippen LogP contribution in [0, 0.1) is 12.7 Å². The summed E-state index contributed by atoms with van der Waals surface area (Å²) in [6.07, 6.45) is 2.82. The molecule has 3 rings (SSSR count). The first-order valence-corrected chi connectivity index (χ1v) is 12.7. The summed E-state index contributed by atoms with van der Waals surface area (Å²) < 4.78 is 79.2. The number of pyridine rings is 1. The van der Waals surface area contributed by atoms with Gasteiger partial charge in [0.25, 0.3) is 0 Å². The van der Waals surface area contributed by atoms with Crippen LogP contribution in [0.1, 0.15) is 16.4 Å². The molecule has 0 spiro atoms. The van der Waals surface area contributed by atoms with Gasteiger partial charge in [-0.2, -0.15) is 0 Å². The highest BCUT2D eigenvalue weighted by molar-refractivity contribution is 7.92. The highest BCUT2D eigenvalue weighted by atomic mass is 32.2. The molecule has 1 atom stereocenters. The first-order chi connectivity index (χ1) is 15.6. The van der Waals surface area contributed by atoms with Crippen molar-refractivity contribution in [3.63, 3.8) is 0 Å². The molecule has 0 aliphatic carbocycles. The molecule has 1 aromatic heterocycles. The van der Waals surface area contributed by atoms with Crippen molar-refractivity contribution in [2.24, 2.45) is 0 Å². The van der Waals surface area contributed by atoms with Crippen molar-refractivity contribution in [3.05, 3.63) is 77.9 Å². The van der Waals surface area contributed by atoms with Crippen LogP contribution in [-0.2, 0) is 19.9 Å². The van der Waals surface area contributed by atoms with Gasteiger partial charge in [0.05, 0.1) is 19.1 Å². The Balaban J connectivity index is 1.99. The van der Waals surface area contributed by atoms with Crippen LogP contribution in [0.4, 0.5) is 4.39 Å². The summed E-state index contributed by atoms with van der Waals surface area (Å²) in [5.74, 6) is -0.107. The van der Waals surface area contributed by atoms with Crippen molar-refractivity contribution >= 4 is 19.9 Å². The third-order valence-electron chi connectivity index (χ3n) is 5.01. The molecular formula is C22H23FN2O6S2. The number of aryl methyl sites for hydroxylation is 1. The van der Waals surface area contributed by atoms with Crippen LogP contribution in [0.2, 0.25) is 0 Å². The van der Waals surface area contributed by atoms with Gasteiger partial charge < -0.3 is 9.47 Å². The van der Waals surface area contributed by atoms with Gasteiger partial charge in [0.15, 0.2) is 9.84 Å². The first kappa shape index (κ1) is 24.6. The van der Waals surface area contributed by atoms with Gasteiger partial charge in [-0.15, -0.1) is 0 Å². The third kappa shape index (κ3) is 5.32. The molecule has 0 aliphatic rings. The molecule has 8 nitrogen and oxygen atoms in total. The van der Waals surface area contributed by atoms with Crippen molar-refractivity contribution in [1.29, 1.82) is 0 Å². The Morgan fingerprint density at radius 3 is 2.39 bits per heavy atom. The number of methoxy groups -OCH3 is 2. The molecule has 2 aromatic carbocycles. The Morgan fingerprint density at radius 1 is 1.03 bits per heavy atom. The highest BCUT2D eigenvalue weighted by Gasteiger charge is 2.32. The van der Waals surface area contributed by atoms with Crippen molar-refractivity contribution in [2.75, 3.05) is 20.8 Å². The maximum Gasteiger partial charge on any atom is 0.244 e. The molecule has 0 fully saturated rings. The molecule has 33 heavy (non-hydrogen) atoms. The number of hydrogen-bond acceptors (Lipinski definition) is 7. The Labute approximate surface area is 192 Å². The van der Waals surface area contributed by atoms with E-state index in [1.54, 1.807) is 6.07 Å². The number of rotatable bonds is 9. The Bertz CT molecular complexity index is 1350. The lowest BCUT2D eigenvalue weighted by molar-refractivity contribution is 0.386. The van der Waals surface area contributed by atoms with Crippen LogP contribution < -0.4 is 14.2 Å². The van der Waals surface area contributed by atoms with Crippen molar-refractivity contribution in [2.45, 2.75) is 22.0 Å². The Hall–Kier alpha value is -3.02. The monoisotopic (exact) mass is 494 g/mol. The Kier molecular flexibility index (Phi) is 7.35. The summed E-state index contributed by atoms with van der Waals surface area (Å²) >= 11 is 0. The molecule has 1 heterocycles. The minimum atomic E-state index is -4.16. The lowest BCUT2D eigenvalue weighted by atomic mass is 10.2. The molecule has 0 saturated heterocycles. The smallest absolute Gasteiger partial charge is 0.244 e. The highest BCUT2D eigenvalue weighted by Crippen LogP contribution is 2.31. The van der Waals surface area contributed by atoms with E-state index in [0.29, 0.717) is 5.75 Å². The number of sulfone groups is 1. The molecule has 1 unspecified atom stereocenters. The largest absolute Gasteiger partial charge is 0.497 e. The van der Waals surface area contributed by atoms with E-state index in [0.717, 1.165) is 12.1 Å². The summed E-state index contributed by atoms with van der Waals surface area (Å²) in [6, 6.07) is 10.7. The van der Waals surface area contributed by atoms with Crippen LogP contribution in [0.15, 0.2) is 70.7 Å². The molecule has 3 aromatic rings. The number of benzene rings is 2. The van der Waals surface area contributed by atoms with Crippen LogP contribution in [-0.4, -0.2) is 42.6 Å². The van der Waals surface area contributed by atoms with E-state index < -0.39 is 37.5 Å². The van der Waals surface area contributed by atoms with Gasteiger partial charge in [-0.05, 0) is 54.4 Å². The fourth-order valence-electron chi connectivity index (χ4n) is 3.19. The molecule has 0 radical (unpaired) electrons. The molecule has 1 N–H and O–H groups in total. The molecule has 11 heteroatoms. The van der Waals surface area contributed by atoms with Crippen molar-refractivity contribution in [1.82, 2.24) is 9.71 Å². The minimum absolute atomic E-state index is 0.0387. The number of ether oxygens (including phenoxy) is 2. The zero-order valence-corrected chi connectivity index (χ0v) is 19.8. The van der Waals surface area contributed by atoms with Gasteiger partial charge in [-0.3, -0.25) is 4.98 Å². The van der Waals surface area contributed by atoms with E-state index in [9.17, 15) is 21.2 Å². The van der Waals surface area contributed by atoms with E-state index in [-0.39, 0.29) is 26.7 Å². The molecule has 0 aliphatic heterocycles. The number of hydrogen-bond donors (Lipinski definition) is 1. The molecular weight excluding hydrogens is 471 g/mol. The SMILES string of the molecule is COc1ccc(S(=O)(=O)NCC(c2cccnc2)S(=O)(=O)c2ccc(F)c(C)c2)c(OC)c1. The van der Waals surface area contributed by atoms with Crippen LogP contribution in [0.3, 0.4) is 0 Å². The van der Waals surface area contributed by atoms with E-state index >= 15 is 0 Å². The number of nitrogens with zero attached hydrogens (tertiary/aromatic N) is 1. The van der Waals surface area contributed by atoms with E-state index in [2.05, 4.69) is 9.71 Å². The van der Waals surface area contributed by atoms with E-state index in [1.165, 1.54) is 63.9 Å². The Morgan fingerprint density at radius 2 is 1.79 bits per heavy atom. The molecule has 0 amide bonds. The number of nitrogens with one attached hydrogen (secondary N) is 1. The lowest BCUT2D eigenvalue weighted by Crippen LogP contribution is -2.32.